The standard InChI is InChI=1S/C12H16N4O2/c1-3-17-8(2)11-15-12(18-16-11)9-4-5-14-10(6-9)7-13/h4-6,8H,3,7,13H2,1-2H3. The van der Waals surface area contributed by atoms with Crippen LogP contribution >= 0.6 is 0 Å². The van der Waals surface area contributed by atoms with Crippen molar-refractivity contribution in [3.8, 4) is 11.5 Å². The van der Waals surface area contributed by atoms with Gasteiger partial charge in [-0.15, -0.1) is 0 Å². The zero-order valence-electron chi connectivity index (χ0n) is 10.5. The van der Waals surface area contributed by atoms with Crippen molar-refractivity contribution in [1.29, 1.82) is 0 Å². The minimum Gasteiger partial charge on any atom is -0.371 e. The topological polar surface area (TPSA) is 87.1 Å². The molecule has 96 valence electrons. The van der Waals surface area contributed by atoms with Gasteiger partial charge in [-0.05, 0) is 26.0 Å². The van der Waals surface area contributed by atoms with Crippen molar-refractivity contribution in [1.82, 2.24) is 15.1 Å². The predicted octanol–water partition coefficient (Wildman–Crippen LogP) is 1.69. The molecule has 0 saturated carbocycles. The average molecular weight is 248 g/mol. The molecule has 1 atom stereocenters. The Morgan fingerprint density at radius 1 is 1.50 bits per heavy atom. The van der Waals surface area contributed by atoms with Crippen molar-refractivity contribution in [2.75, 3.05) is 6.61 Å². The van der Waals surface area contributed by atoms with E-state index in [4.69, 9.17) is 15.0 Å². The van der Waals surface area contributed by atoms with E-state index < -0.39 is 0 Å². The lowest BCUT2D eigenvalue weighted by molar-refractivity contribution is 0.0683. The molecule has 0 aliphatic heterocycles. The highest BCUT2D eigenvalue weighted by Gasteiger charge is 2.15. The number of pyridine rings is 1. The number of rotatable bonds is 5. The number of ether oxygens (including phenoxy) is 1. The summed E-state index contributed by atoms with van der Waals surface area (Å²) in [5.74, 6) is 0.992. The fourth-order valence-corrected chi connectivity index (χ4v) is 1.56. The van der Waals surface area contributed by atoms with E-state index in [1.165, 1.54) is 0 Å². The van der Waals surface area contributed by atoms with Crippen molar-refractivity contribution in [3.05, 3.63) is 29.8 Å². The molecule has 1 unspecified atom stereocenters. The summed E-state index contributed by atoms with van der Waals surface area (Å²) in [6.45, 7) is 4.80. The van der Waals surface area contributed by atoms with Crippen LogP contribution < -0.4 is 5.73 Å². The maximum atomic E-state index is 5.54. The van der Waals surface area contributed by atoms with E-state index in [-0.39, 0.29) is 6.10 Å². The number of hydrogen-bond acceptors (Lipinski definition) is 6. The lowest BCUT2D eigenvalue weighted by Crippen LogP contribution is -2.01. The van der Waals surface area contributed by atoms with Gasteiger partial charge in [0.25, 0.3) is 5.89 Å². The second-order valence-corrected chi connectivity index (χ2v) is 3.80. The van der Waals surface area contributed by atoms with E-state index in [0.717, 1.165) is 11.3 Å². The van der Waals surface area contributed by atoms with Crippen LogP contribution in [0.25, 0.3) is 11.5 Å². The van der Waals surface area contributed by atoms with Gasteiger partial charge in [0.05, 0.1) is 5.69 Å². The minimum atomic E-state index is -0.177. The van der Waals surface area contributed by atoms with Gasteiger partial charge in [-0.3, -0.25) is 4.98 Å². The van der Waals surface area contributed by atoms with Gasteiger partial charge in [0.2, 0.25) is 5.82 Å². The highest BCUT2D eigenvalue weighted by Crippen LogP contribution is 2.20. The van der Waals surface area contributed by atoms with Gasteiger partial charge >= 0.3 is 0 Å². The molecule has 0 spiro atoms. The lowest BCUT2D eigenvalue weighted by Gasteiger charge is -2.04. The number of hydrogen-bond donors (Lipinski definition) is 1. The molecule has 0 amide bonds. The third kappa shape index (κ3) is 2.72. The molecule has 2 N–H and O–H groups in total. The molecule has 6 heteroatoms. The van der Waals surface area contributed by atoms with Gasteiger partial charge in [-0.25, -0.2) is 0 Å². The maximum Gasteiger partial charge on any atom is 0.258 e. The van der Waals surface area contributed by atoms with E-state index in [1.54, 1.807) is 6.20 Å². The lowest BCUT2D eigenvalue weighted by atomic mass is 10.2. The van der Waals surface area contributed by atoms with Crippen LogP contribution in [0.3, 0.4) is 0 Å². The van der Waals surface area contributed by atoms with Crippen LogP contribution in [0.15, 0.2) is 22.9 Å². The second kappa shape index (κ2) is 5.70. The molecule has 2 aromatic heterocycles. The van der Waals surface area contributed by atoms with Crippen LogP contribution in [0.2, 0.25) is 0 Å². The summed E-state index contributed by atoms with van der Waals surface area (Å²) in [5.41, 5.74) is 7.14. The zero-order chi connectivity index (χ0) is 13.0. The molecule has 0 aromatic carbocycles. The Kier molecular flexibility index (Phi) is 4.01. The Labute approximate surface area is 105 Å². The summed E-state index contributed by atoms with van der Waals surface area (Å²) >= 11 is 0. The largest absolute Gasteiger partial charge is 0.371 e. The molecule has 18 heavy (non-hydrogen) atoms. The fraction of sp³-hybridized carbons (Fsp3) is 0.417. The van der Waals surface area contributed by atoms with E-state index in [0.29, 0.717) is 24.9 Å². The van der Waals surface area contributed by atoms with Crippen molar-refractivity contribution in [3.63, 3.8) is 0 Å². The molecule has 6 nitrogen and oxygen atoms in total. The summed E-state index contributed by atoms with van der Waals surface area (Å²) < 4.78 is 10.6. The summed E-state index contributed by atoms with van der Waals surface area (Å²) in [5, 5.41) is 3.90. The Bertz CT molecular complexity index is 512. The number of nitrogens with zero attached hydrogens (tertiary/aromatic N) is 3. The first-order valence-electron chi connectivity index (χ1n) is 5.85. The molecule has 0 radical (unpaired) electrons. The molecule has 2 heterocycles. The van der Waals surface area contributed by atoms with Gasteiger partial charge < -0.3 is 15.0 Å². The second-order valence-electron chi connectivity index (χ2n) is 3.80. The monoisotopic (exact) mass is 248 g/mol. The molecule has 0 bridgehead atoms. The SMILES string of the molecule is CCOC(C)c1noc(-c2ccnc(CN)c2)n1. The fourth-order valence-electron chi connectivity index (χ4n) is 1.56. The van der Waals surface area contributed by atoms with E-state index in [1.807, 2.05) is 26.0 Å². The van der Waals surface area contributed by atoms with Gasteiger partial charge in [-0.2, -0.15) is 4.98 Å². The van der Waals surface area contributed by atoms with Crippen molar-refractivity contribution in [2.24, 2.45) is 5.73 Å². The van der Waals surface area contributed by atoms with Gasteiger partial charge in [0.1, 0.15) is 6.10 Å². The minimum absolute atomic E-state index is 0.177. The molecule has 2 rings (SSSR count). The van der Waals surface area contributed by atoms with Gasteiger partial charge in [-0.1, -0.05) is 5.16 Å². The van der Waals surface area contributed by atoms with Gasteiger partial charge in [0, 0.05) is 24.9 Å². The smallest absolute Gasteiger partial charge is 0.258 e. The first-order chi connectivity index (χ1) is 8.74. The molecular weight excluding hydrogens is 232 g/mol. The normalized spacial score (nSPS) is 12.6. The number of aromatic nitrogens is 3. The molecule has 0 fully saturated rings. The summed E-state index contributed by atoms with van der Waals surface area (Å²) in [6, 6.07) is 3.64. The van der Waals surface area contributed by atoms with Crippen LogP contribution in [0.4, 0.5) is 0 Å². The third-order valence-corrected chi connectivity index (χ3v) is 2.49. The molecule has 0 saturated heterocycles. The van der Waals surface area contributed by atoms with Crippen molar-refractivity contribution in [2.45, 2.75) is 26.5 Å². The zero-order valence-corrected chi connectivity index (χ0v) is 10.5. The van der Waals surface area contributed by atoms with Gasteiger partial charge in [0.15, 0.2) is 0 Å². The molecule has 2 aromatic rings. The van der Waals surface area contributed by atoms with Crippen LogP contribution in [-0.2, 0) is 11.3 Å². The quantitative estimate of drug-likeness (QED) is 0.866. The first kappa shape index (κ1) is 12.7. The van der Waals surface area contributed by atoms with Crippen molar-refractivity contribution >= 4 is 0 Å². The number of nitrogens with two attached hydrogens (primary N) is 1. The van der Waals surface area contributed by atoms with E-state index in [9.17, 15) is 0 Å². The Balaban J connectivity index is 2.23. The molecular formula is C12H16N4O2. The highest BCUT2D eigenvalue weighted by atomic mass is 16.5. The maximum absolute atomic E-state index is 5.54. The van der Waals surface area contributed by atoms with E-state index in [2.05, 4.69) is 15.1 Å². The Morgan fingerprint density at radius 3 is 3.06 bits per heavy atom. The summed E-state index contributed by atoms with van der Waals surface area (Å²) in [4.78, 5) is 8.42. The van der Waals surface area contributed by atoms with Crippen LogP contribution in [0.1, 0.15) is 31.5 Å². The van der Waals surface area contributed by atoms with Crippen LogP contribution in [0, 0.1) is 0 Å². The third-order valence-electron chi connectivity index (χ3n) is 2.49. The molecule has 0 aliphatic carbocycles. The summed E-state index contributed by atoms with van der Waals surface area (Å²) in [6.07, 6.45) is 1.50. The van der Waals surface area contributed by atoms with Crippen LogP contribution in [0.5, 0.6) is 0 Å². The Hall–Kier alpha value is -1.79. The van der Waals surface area contributed by atoms with Crippen molar-refractivity contribution < 1.29 is 9.26 Å². The highest BCUT2D eigenvalue weighted by molar-refractivity contribution is 5.52. The molecule has 0 aliphatic rings. The summed E-state index contributed by atoms with van der Waals surface area (Å²) in [7, 11) is 0. The predicted molar refractivity (Wildman–Crippen MR) is 65.5 cm³/mol. The van der Waals surface area contributed by atoms with Crippen LogP contribution in [-0.4, -0.2) is 21.7 Å². The Morgan fingerprint density at radius 2 is 2.33 bits per heavy atom. The average Bonchev–Trinajstić information content (AvgIpc) is 2.89. The first-order valence-corrected chi connectivity index (χ1v) is 5.85. The van der Waals surface area contributed by atoms with E-state index >= 15 is 0 Å².